The number of benzene rings is 1. The van der Waals surface area contributed by atoms with Crippen LogP contribution in [0.4, 0.5) is 10.3 Å². The third-order valence-corrected chi connectivity index (χ3v) is 3.50. The number of hydrogen-bond donors (Lipinski definition) is 1. The third-order valence-electron chi connectivity index (χ3n) is 3.50. The van der Waals surface area contributed by atoms with Gasteiger partial charge in [0, 0.05) is 25.0 Å². The molecule has 0 aliphatic carbocycles. The summed E-state index contributed by atoms with van der Waals surface area (Å²) >= 11 is 0. The van der Waals surface area contributed by atoms with Gasteiger partial charge in [0.2, 0.25) is 5.95 Å². The number of anilines is 1. The Morgan fingerprint density at radius 2 is 2.13 bits per heavy atom. The lowest BCUT2D eigenvalue weighted by molar-refractivity contribution is -0.0537. The lowest BCUT2D eigenvalue weighted by Crippen LogP contribution is -2.49. The van der Waals surface area contributed by atoms with Gasteiger partial charge in [0.1, 0.15) is 23.8 Å². The molecular formula is C16H18FN3O3. The molecule has 1 aromatic heterocycles. The number of aliphatic hydroxyl groups is 1. The molecule has 1 aromatic carbocycles. The van der Waals surface area contributed by atoms with Gasteiger partial charge >= 0.3 is 0 Å². The van der Waals surface area contributed by atoms with Crippen LogP contribution in [0.3, 0.4) is 0 Å². The molecule has 1 saturated heterocycles. The number of ether oxygens (including phenoxy) is 2. The monoisotopic (exact) mass is 319 g/mol. The van der Waals surface area contributed by atoms with Crippen molar-refractivity contribution in [1.29, 1.82) is 0 Å². The van der Waals surface area contributed by atoms with Gasteiger partial charge in [-0.05, 0) is 18.2 Å². The van der Waals surface area contributed by atoms with Crippen LogP contribution in [-0.4, -0.2) is 53.6 Å². The maximum absolute atomic E-state index is 13.2. The molecule has 2 heterocycles. The van der Waals surface area contributed by atoms with E-state index in [0.29, 0.717) is 24.8 Å². The molecule has 1 N–H and O–H groups in total. The van der Waals surface area contributed by atoms with E-state index in [9.17, 15) is 9.50 Å². The van der Waals surface area contributed by atoms with Gasteiger partial charge < -0.3 is 19.5 Å². The Morgan fingerprint density at radius 1 is 1.30 bits per heavy atom. The van der Waals surface area contributed by atoms with E-state index in [4.69, 9.17) is 9.47 Å². The standard InChI is InChI=1S/C16H18FN3O3/c17-13-3-1-4-14(9-13)23-12-16(21)10-20(7-8-22-11-16)15-18-5-2-6-19-15/h1-6,9,21H,7-8,10-12H2/t16-/m1/s1. The van der Waals surface area contributed by atoms with E-state index in [1.165, 1.54) is 12.1 Å². The first kappa shape index (κ1) is 15.6. The fourth-order valence-electron chi connectivity index (χ4n) is 2.40. The zero-order chi connectivity index (χ0) is 16.1. The maximum atomic E-state index is 13.2. The first-order valence-electron chi connectivity index (χ1n) is 7.35. The zero-order valence-electron chi connectivity index (χ0n) is 12.6. The molecule has 122 valence electrons. The van der Waals surface area contributed by atoms with Crippen molar-refractivity contribution in [3.05, 3.63) is 48.5 Å². The summed E-state index contributed by atoms with van der Waals surface area (Å²) in [6, 6.07) is 7.55. The van der Waals surface area contributed by atoms with Crippen molar-refractivity contribution in [3.8, 4) is 5.75 Å². The molecule has 2 aromatic rings. The Balaban J connectivity index is 1.69. The molecule has 0 bridgehead atoms. The van der Waals surface area contributed by atoms with Crippen LogP contribution in [0.5, 0.6) is 5.75 Å². The number of halogens is 1. The Morgan fingerprint density at radius 3 is 2.91 bits per heavy atom. The molecule has 1 aliphatic heterocycles. The molecule has 6 nitrogen and oxygen atoms in total. The van der Waals surface area contributed by atoms with Crippen LogP contribution in [0.25, 0.3) is 0 Å². The van der Waals surface area contributed by atoms with Gasteiger partial charge in [-0.2, -0.15) is 0 Å². The first-order chi connectivity index (χ1) is 11.1. The second kappa shape index (κ2) is 6.89. The van der Waals surface area contributed by atoms with Gasteiger partial charge in [0.15, 0.2) is 0 Å². The van der Waals surface area contributed by atoms with Crippen molar-refractivity contribution in [2.24, 2.45) is 0 Å². The minimum absolute atomic E-state index is 0.0141. The van der Waals surface area contributed by atoms with Crippen LogP contribution in [0.2, 0.25) is 0 Å². The van der Waals surface area contributed by atoms with Crippen molar-refractivity contribution in [2.75, 3.05) is 37.8 Å². The van der Waals surface area contributed by atoms with Gasteiger partial charge in [-0.1, -0.05) is 6.07 Å². The molecule has 0 spiro atoms. The smallest absolute Gasteiger partial charge is 0.225 e. The highest BCUT2D eigenvalue weighted by atomic mass is 19.1. The topological polar surface area (TPSA) is 67.7 Å². The van der Waals surface area contributed by atoms with E-state index in [1.54, 1.807) is 30.6 Å². The van der Waals surface area contributed by atoms with Crippen molar-refractivity contribution in [1.82, 2.24) is 9.97 Å². The van der Waals surface area contributed by atoms with Gasteiger partial charge in [-0.3, -0.25) is 0 Å². The van der Waals surface area contributed by atoms with E-state index < -0.39 is 5.60 Å². The van der Waals surface area contributed by atoms with Crippen LogP contribution in [0.1, 0.15) is 0 Å². The molecule has 7 heteroatoms. The molecule has 1 atom stereocenters. The Hall–Kier alpha value is -2.25. The summed E-state index contributed by atoms with van der Waals surface area (Å²) in [6.45, 7) is 1.42. The summed E-state index contributed by atoms with van der Waals surface area (Å²) in [6.07, 6.45) is 3.30. The minimum Gasteiger partial charge on any atom is -0.490 e. The fourth-order valence-corrected chi connectivity index (χ4v) is 2.40. The Bertz CT molecular complexity index is 643. The number of β-amino-alcohol motifs (C(OH)–C–C–N with tert-alkyl or cyclic N) is 1. The summed E-state index contributed by atoms with van der Waals surface area (Å²) in [5.74, 6) is 0.512. The number of aromatic nitrogens is 2. The van der Waals surface area contributed by atoms with E-state index in [0.717, 1.165) is 0 Å². The molecule has 0 unspecified atom stereocenters. The predicted octanol–water partition coefficient (Wildman–Crippen LogP) is 1.26. The molecular weight excluding hydrogens is 301 g/mol. The lowest BCUT2D eigenvalue weighted by atomic mass is 10.1. The number of rotatable bonds is 4. The summed E-state index contributed by atoms with van der Waals surface area (Å²) < 4.78 is 24.2. The largest absolute Gasteiger partial charge is 0.490 e. The predicted molar refractivity (Wildman–Crippen MR) is 81.9 cm³/mol. The lowest BCUT2D eigenvalue weighted by Gasteiger charge is -2.30. The van der Waals surface area contributed by atoms with E-state index >= 15 is 0 Å². The summed E-state index contributed by atoms with van der Waals surface area (Å²) in [7, 11) is 0. The van der Waals surface area contributed by atoms with Crippen LogP contribution in [-0.2, 0) is 4.74 Å². The molecule has 1 aliphatic rings. The molecule has 3 rings (SSSR count). The first-order valence-corrected chi connectivity index (χ1v) is 7.35. The minimum atomic E-state index is -1.23. The fraction of sp³-hybridized carbons (Fsp3) is 0.375. The second-order valence-electron chi connectivity index (χ2n) is 5.49. The highest BCUT2D eigenvalue weighted by Gasteiger charge is 2.34. The summed E-state index contributed by atoms with van der Waals surface area (Å²) in [4.78, 5) is 10.2. The van der Waals surface area contributed by atoms with Crippen LogP contribution in [0.15, 0.2) is 42.7 Å². The molecule has 0 amide bonds. The van der Waals surface area contributed by atoms with E-state index in [1.807, 2.05) is 4.90 Å². The van der Waals surface area contributed by atoms with Crippen LogP contribution >= 0.6 is 0 Å². The third kappa shape index (κ3) is 4.14. The summed E-state index contributed by atoms with van der Waals surface area (Å²) in [5, 5.41) is 10.8. The van der Waals surface area contributed by atoms with Gasteiger partial charge in [-0.15, -0.1) is 0 Å². The molecule has 0 radical (unpaired) electrons. The Labute approximate surface area is 133 Å². The number of nitrogens with zero attached hydrogens (tertiary/aromatic N) is 3. The molecule has 23 heavy (non-hydrogen) atoms. The zero-order valence-corrected chi connectivity index (χ0v) is 12.6. The highest BCUT2D eigenvalue weighted by molar-refractivity contribution is 5.30. The summed E-state index contributed by atoms with van der Waals surface area (Å²) in [5.41, 5.74) is -1.23. The Kier molecular flexibility index (Phi) is 4.68. The SMILES string of the molecule is O[C@@]1(COc2cccc(F)c2)COCCN(c2ncccn2)C1. The van der Waals surface area contributed by atoms with Crippen molar-refractivity contribution in [3.63, 3.8) is 0 Å². The quantitative estimate of drug-likeness (QED) is 0.915. The highest BCUT2D eigenvalue weighted by Crippen LogP contribution is 2.19. The average Bonchev–Trinajstić information content (AvgIpc) is 2.76. The average molecular weight is 319 g/mol. The van der Waals surface area contributed by atoms with Gasteiger partial charge in [0.25, 0.3) is 0 Å². The van der Waals surface area contributed by atoms with Gasteiger partial charge in [-0.25, -0.2) is 14.4 Å². The van der Waals surface area contributed by atoms with Crippen LogP contribution in [0, 0.1) is 5.82 Å². The van der Waals surface area contributed by atoms with Crippen molar-refractivity contribution in [2.45, 2.75) is 5.60 Å². The molecule has 1 fully saturated rings. The second-order valence-corrected chi connectivity index (χ2v) is 5.49. The van der Waals surface area contributed by atoms with E-state index in [2.05, 4.69) is 9.97 Å². The van der Waals surface area contributed by atoms with Crippen molar-refractivity contribution < 1.29 is 19.0 Å². The van der Waals surface area contributed by atoms with E-state index in [-0.39, 0.29) is 25.6 Å². The molecule has 0 saturated carbocycles. The normalized spacial score (nSPS) is 21.7. The van der Waals surface area contributed by atoms with Crippen molar-refractivity contribution >= 4 is 5.95 Å². The maximum Gasteiger partial charge on any atom is 0.225 e. The van der Waals surface area contributed by atoms with Crippen LogP contribution < -0.4 is 9.64 Å². The number of hydrogen-bond acceptors (Lipinski definition) is 6. The van der Waals surface area contributed by atoms with Gasteiger partial charge in [0.05, 0.1) is 19.8 Å².